The molecule has 84 valence electrons. The zero-order valence-corrected chi connectivity index (χ0v) is 9.12. The number of carbonyl (C=O) groups excluding carboxylic acids is 2. The minimum absolute atomic E-state index is 0.0885. The summed E-state index contributed by atoms with van der Waals surface area (Å²) in [4.78, 5) is 26.5. The number of amides is 2. The molecular formula is C10H10ClN3O2. The van der Waals surface area contributed by atoms with Crippen LogP contribution in [0.3, 0.4) is 0 Å². The van der Waals surface area contributed by atoms with Crippen LogP contribution in [0.5, 0.6) is 0 Å². The maximum atomic E-state index is 11.7. The second kappa shape index (κ2) is 4.49. The zero-order chi connectivity index (χ0) is 11.5. The number of hydrogen-bond donors (Lipinski definition) is 2. The van der Waals surface area contributed by atoms with Crippen LogP contribution in [0.4, 0.5) is 5.69 Å². The van der Waals surface area contributed by atoms with Crippen molar-refractivity contribution in [2.45, 2.75) is 6.42 Å². The Kier molecular flexibility index (Phi) is 3.05. The molecule has 1 unspecified atom stereocenters. The molecule has 0 aliphatic carbocycles. The van der Waals surface area contributed by atoms with Crippen molar-refractivity contribution in [3.63, 3.8) is 0 Å². The number of rotatable bonds is 2. The van der Waals surface area contributed by atoms with Crippen molar-refractivity contribution in [1.82, 2.24) is 10.3 Å². The van der Waals surface area contributed by atoms with Gasteiger partial charge in [0.15, 0.2) is 0 Å². The first-order valence-corrected chi connectivity index (χ1v) is 5.22. The largest absolute Gasteiger partial charge is 0.355 e. The molecule has 1 aliphatic rings. The quantitative estimate of drug-likeness (QED) is 0.751. The van der Waals surface area contributed by atoms with Gasteiger partial charge >= 0.3 is 0 Å². The van der Waals surface area contributed by atoms with Crippen LogP contribution in [0, 0.1) is 5.92 Å². The number of nitrogens with zero attached hydrogens (tertiary/aromatic N) is 1. The second-order valence-electron chi connectivity index (χ2n) is 3.56. The van der Waals surface area contributed by atoms with Crippen molar-refractivity contribution in [2.24, 2.45) is 5.92 Å². The maximum Gasteiger partial charge on any atom is 0.229 e. The van der Waals surface area contributed by atoms with E-state index in [-0.39, 0.29) is 24.2 Å². The molecule has 0 spiro atoms. The van der Waals surface area contributed by atoms with Crippen LogP contribution < -0.4 is 10.6 Å². The van der Waals surface area contributed by atoms with E-state index in [0.717, 1.165) is 0 Å². The summed E-state index contributed by atoms with van der Waals surface area (Å²) in [6.45, 7) is 0.395. The molecule has 2 amide bonds. The minimum atomic E-state index is -0.303. The summed E-state index contributed by atoms with van der Waals surface area (Å²) in [7, 11) is 0. The van der Waals surface area contributed by atoms with Crippen LogP contribution >= 0.6 is 11.6 Å². The average Bonchev–Trinajstić information content (AvgIpc) is 2.68. The molecule has 0 bridgehead atoms. The first kappa shape index (κ1) is 10.9. The van der Waals surface area contributed by atoms with Crippen molar-refractivity contribution in [1.29, 1.82) is 0 Å². The summed E-state index contributed by atoms with van der Waals surface area (Å²) < 4.78 is 0. The summed E-state index contributed by atoms with van der Waals surface area (Å²) >= 11 is 5.62. The molecule has 2 heterocycles. The molecule has 2 rings (SSSR count). The number of pyridine rings is 1. The predicted octanol–water partition coefficient (Wildman–Crippen LogP) is 0.810. The van der Waals surface area contributed by atoms with Crippen LogP contribution in [0.25, 0.3) is 0 Å². The Morgan fingerprint density at radius 2 is 2.38 bits per heavy atom. The lowest BCUT2D eigenvalue weighted by atomic mass is 10.1. The van der Waals surface area contributed by atoms with E-state index >= 15 is 0 Å². The fourth-order valence-electron chi connectivity index (χ4n) is 1.48. The van der Waals surface area contributed by atoms with Gasteiger partial charge in [0, 0.05) is 13.0 Å². The van der Waals surface area contributed by atoms with Crippen molar-refractivity contribution >= 4 is 29.1 Å². The molecule has 1 aliphatic heterocycles. The summed E-state index contributed by atoms with van der Waals surface area (Å²) in [6, 6.07) is 3.26. The first-order valence-electron chi connectivity index (χ1n) is 4.84. The molecule has 0 saturated carbocycles. The molecule has 1 aromatic rings. The Bertz CT molecular complexity index is 419. The van der Waals surface area contributed by atoms with Gasteiger partial charge in [-0.25, -0.2) is 4.98 Å². The third kappa shape index (κ3) is 2.49. The van der Waals surface area contributed by atoms with Gasteiger partial charge in [-0.15, -0.1) is 0 Å². The Morgan fingerprint density at radius 1 is 1.56 bits per heavy atom. The molecule has 1 fully saturated rings. The van der Waals surface area contributed by atoms with Crippen LogP contribution in [-0.2, 0) is 9.59 Å². The van der Waals surface area contributed by atoms with Gasteiger partial charge in [0.25, 0.3) is 0 Å². The van der Waals surface area contributed by atoms with E-state index in [9.17, 15) is 9.59 Å². The van der Waals surface area contributed by atoms with Crippen molar-refractivity contribution in [3.05, 3.63) is 23.5 Å². The van der Waals surface area contributed by atoms with Crippen LogP contribution in [-0.4, -0.2) is 23.3 Å². The number of aromatic nitrogens is 1. The standard InChI is InChI=1S/C10H10ClN3O2/c11-8-2-1-7(5-12-8)14-10(16)6-3-9(15)13-4-6/h1-2,5-6H,3-4H2,(H,13,15)(H,14,16). The van der Waals surface area contributed by atoms with Crippen LogP contribution in [0.1, 0.15) is 6.42 Å². The van der Waals surface area contributed by atoms with Gasteiger partial charge in [-0.05, 0) is 12.1 Å². The number of hydrogen-bond acceptors (Lipinski definition) is 3. The van der Waals surface area contributed by atoms with Gasteiger partial charge in [0.05, 0.1) is 17.8 Å². The topological polar surface area (TPSA) is 71.1 Å². The smallest absolute Gasteiger partial charge is 0.229 e. The number of nitrogens with one attached hydrogen (secondary N) is 2. The fraction of sp³-hybridized carbons (Fsp3) is 0.300. The summed E-state index contributed by atoms with van der Waals surface area (Å²) in [6.07, 6.45) is 1.72. The lowest BCUT2D eigenvalue weighted by molar-refractivity contribution is -0.123. The molecule has 0 aromatic carbocycles. The highest BCUT2D eigenvalue weighted by atomic mass is 35.5. The second-order valence-corrected chi connectivity index (χ2v) is 3.95. The predicted molar refractivity (Wildman–Crippen MR) is 59.0 cm³/mol. The summed E-state index contributed by atoms with van der Waals surface area (Å²) in [5.41, 5.74) is 0.578. The lowest BCUT2D eigenvalue weighted by Gasteiger charge is -2.08. The van der Waals surface area contributed by atoms with Crippen LogP contribution in [0.15, 0.2) is 18.3 Å². The average molecular weight is 240 g/mol. The minimum Gasteiger partial charge on any atom is -0.355 e. The normalized spacial score (nSPS) is 19.3. The van der Waals surface area contributed by atoms with E-state index in [2.05, 4.69) is 15.6 Å². The molecule has 0 radical (unpaired) electrons. The molecule has 1 atom stereocenters. The fourth-order valence-corrected chi connectivity index (χ4v) is 1.60. The van der Waals surface area contributed by atoms with Crippen molar-refractivity contribution < 1.29 is 9.59 Å². The van der Waals surface area contributed by atoms with Gasteiger partial charge in [-0.1, -0.05) is 11.6 Å². The lowest BCUT2D eigenvalue weighted by Crippen LogP contribution is -2.24. The zero-order valence-electron chi connectivity index (χ0n) is 8.37. The van der Waals surface area contributed by atoms with Gasteiger partial charge in [0.1, 0.15) is 5.15 Å². The van der Waals surface area contributed by atoms with E-state index in [0.29, 0.717) is 17.4 Å². The molecule has 16 heavy (non-hydrogen) atoms. The third-order valence-electron chi connectivity index (χ3n) is 2.34. The number of halogens is 1. The van der Waals surface area contributed by atoms with Crippen molar-refractivity contribution in [2.75, 3.05) is 11.9 Å². The highest BCUT2D eigenvalue weighted by Gasteiger charge is 2.27. The maximum absolute atomic E-state index is 11.7. The van der Waals surface area contributed by atoms with E-state index in [1.54, 1.807) is 12.1 Å². The molecule has 5 nitrogen and oxygen atoms in total. The highest BCUT2D eigenvalue weighted by Crippen LogP contribution is 2.14. The van der Waals surface area contributed by atoms with Crippen molar-refractivity contribution in [3.8, 4) is 0 Å². The number of anilines is 1. The Hall–Kier alpha value is -1.62. The molecule has 6 heteroatoms. The molecular weight excluding hydrogens is 230 g/mol. The van der Waals surface area contributed by atoms with E-state index in [1.165, 1.54) is 6.20 Å². The van der Waals surface area contributed by atoms with Gasteiger partial charge in [0.2, 0.25) is 11.8 Å². The first-order chi connectivity index (χ1) is 7.65. The van der Waals surface area contributed by atoms with E-state index in [4.69, 9.17) is 11.6 Å². The summed E-state index contributed by atoms with van der Waals surface area (Å²) in [5.74, 6) is -0.569. The summed E-state index contributed by atoms with van der Waals surface area (Å²) in [5, 5.41) is 5.66. The van der Waals surface area contributed by atoms with Gasteiger partial charge < -0.3 is 10.6 Å². The van der Waals surface area contributed by atoms with E-state index in [1.807, 2.05) is 0 Å². The Labute approximate surface area is 97.2 Å². The molecule has 1 aromatic heterocycles. The third-order valence-corrected chi connectivity index (χ3v) is 2.57. The molecule has 1 saturated heterocycles. The van der Waals surface area contributed by atoms with E-state index < -0.39 is 0 Å². The molecule has 2 N–H and O–H groups in total. The van der Waals surface area contributed by atoms with Crippen LogP contribution in [0.2, 0.25) is 5.15 Å². The monoisotopic (exact) mass is 239 g/mol. The Morgan fingerprint density at radius 3 is 2.94 bits per heavy atom. The van der Waals surface area contributed by atoms with Gasteiger partial charge in [-0.2, -0.15) is 0 Å². The SMILES string of the molecule is O=C1CC(C(=O)Nc2ccc(Cl)nc2)CN1. The highest BCUT2D eigenvalue weighted by molar-refractivity contribution is 6.29. The number of carbonyl (C=O) groups is 2. The Balaban J connectivity index is 1.97. The van der Waals surface area contributed by atoms with Gasteiger partial charge in [-0.3, -0.25) is 9.59 Å².